The normalized spacial score (nSPS) is 11.5. The first kappa shape index (κ1) is 15.8. The molecule has 19 heavy (non-hydrogen) atoms. The molecule has 6 heteroatoms. The van der Waals surface area contributed by atoms with Gasteiger partial charge in [0.2, 0.25) is 0 Å². The zero-order valence-corrected chi connectivity index (χ0v) is 12.5. The molecule has 0 bridgehead atoms. The van der Waals surface area contributed by atoms with Crippen molar-refractivity contribution in [2.75, 3.05) is 12.8 Å². The van der Waals surface area contributed by atoms with E-state index in [-0.39, 0.29) is 18.4 Å². The molecule has 1 unspecified atom stereocenters. The highest BCUT2D eigenvalue weighted by Gasteiger charge is 2.26. The molecule has 0 saturated carbocycles. The first-order chi connectivity index (χ1) is 8.63. The van der Waals surface area contributed by atoms with Gasteiger partial charge in [0.05, 0.1) is 7.11 Å². The molecule has 102 valence electrons. The van der Waals surface area contributed by atoms with Gasteiger partial charge in [0.15, 0.2) is 0 Å². The molecule has 2 rings (SSSR count). The fourth-order valence-corrected chi connectivity index (χ4v) is 2.88. The maximum absolute atomic E-state index is 11.9. The van der Waals surface area contributed by atoms with Crippen LogP contribution in [0.2, 0.25) is 5.02 Å². The number of nitrogens with two attached hydrogens (primary N) is 1. The first-order valence-electron chi connectivity index (χ1n) is 5.29. The summed E-state index contributed by atoms with van der Waals surface area (Å²) in [6, 6.07) is 8.91. The van der Waals surface area contributed by atoms with Crippen LogP contribution < -0.4 is 5.73 Å². The maximum Gasteiger partial charge on any atom is 0.318 e. The second kappa shape index (κ2) is 6.80. The van der Waals surface area contributed by atoms with Crippen LogP contribution in [0.5, 0.6) is 0 Å². The highest BCUT2D eigenvalue weighted by molar-refractivity contribution is 7.10. The van der Waals surface area contributed by atoms with E-state index in [4.69, 9.17) is 22.1 Å². The van der Waals surface area contributed by atoms with Gasteiger partial charge in [-0.15, -0.1) is 23.7 Å². The van der Waals surface area contributed by atoms with E-state index in [2.05, 4.69) is 0 Å². The van der Waals surface area contributed by atoms with Crippen molar-refractivity contribution in [3.63, 3.8) is 0 Å². The average Bonchev–Trinajstić information content (AvgIpc) is 2.85. The number of rotatable bonds is 3. The highest BCUT2D eigenvalue weighted by atomic mass is 35.5. The van der Waals surface area contributed by atoms with Crippen LogP contribution in [0, 0.1) is 0 Å². The number of anilines is 1. The van der Waals surface area contributed by atoms with E-state index in [1.807, 2.05) is 17.5 Å². The van der Waals surface area contributed by atoms with Crippen molar-refractivity contribution in [2.24, 2.45) is 0 Å². The molecule has 1 aromatic heterocycles. The average molecular weight is 318 g/mol. The summed E-state index contributed by atoms with van der Waals surface area (Å²) in [7, 11) is 1.37. The molecule has 0 aliphatic carbocycles. The van der Waals surface area contributed by atoms with Gasteiger partial charge in [-0.3, -0.25) is 4.79 Å². The SMILES string of the molecule is COC(=O)C(c1cccs1)c1ccc(N)cc1Cl.Cl. The molecule has 0 spiro atoms. The van der Waals surface area contributed by atoms with Crippen molar-refractivity contribution < 1.29 is 9.53 Å². The molecule has 1 heterocycles. The van der Waals surface area contributed by atoms with Crippen LogP contribution >= 0.6 is 35.3 Å². The van der Waals surface area contributed by atoms with Crippen LogP contribution in [-0.2, 0) is 9.53 Å². The van der Waals surface area contributed by atoms with E-state index in [0.717, 1.165) is 4.88 Å². The van der Waals surface area contributed by atoms with Crippen LogP contribution in [0.25, 0.3) is 0 Å². The summed E-state index contributed by atoms with van der Waals surface area (Å²) in [5.41, 5.74) is 6.93. The topological polar surface area (TPSA) is 52.3 Å². The Hall–Kier alpha value is -1.23. The lowest BCUT2D eigenvalue weighted by Crippen LogP contribution is -2.15. The molecule has 0 amide bonds. The molecular weight excluding hydrogens is 305 g/mol. The molecule has 2 aromatic rings. The summed E-state index contributed by atoms with van der Waals surface area (Å²) < 4.78 is 4.85. The quantitative estimate of drug-likeness (QED) is 0.693. The largest absolute Gasteiger partial charge is 0.468 e. The third-order valence-corrected chi connectivity index (χ3v) is 3.86. The van der Waals surface area contributed by atoms with Crippen LogP contribution in [0.3, 0.4) is 0 Å². The van der Waals surface area contributed by atoms with E-state index < -0.39 is 5.92 Å². The van der Waals surface area contributed by atoms with Crippen molar-refractivity contribution in [1.29, 1.82) is 0 Å². The molecule has 0 aliphatic heterocycles. The third-order valence-electron chi connectivity index (χ3n) is 2.60. The van der Waals surface area contributed by atoms with Gasteiger partial charge in [0, 0.05) is 15.6 Å². The van der Waals surface area contributed by atoms with E-state index >= 15 is 0 Å². The number of halogens is 2. The van der Waals surface area contributed by atoms with Gasteiger partial charge in [0.1, 0.15) is 5.92 Å². The lowest BCUT2D eigenvalue weighted by Gasteiger charge is -2.15. The Labute approximate surface area is 126 Å². The number of esters is 1. The molecule has 2 N–H and O–H groups in total. The summed E-state index contributed by atoms with van der Waals surface area (Å²) >= 11 is 7.65. The molecule has 0 fully saturated rings. The number of nitrogen functional groups attached to an aromatic ring is 1. The maximum atomic E-state index is 11.9. The number of hydrogen-bond acceptors (Lipinski definition) is 4. The number of benzene rings is 1. The van der Waals surface area contributed by atoms with Crippen LogP contribution in [-0.4, -0.2) is 13.1 Å². The molecule has 1 aromatic carbocycles. The highest BCUT2D eigenvalue weighted by Crippen LogP contribution is 2.34. The third kappa shape index (κ3) is 3.41. The van der Waals surface area contributed by atoms with Crippen LogP contribution in [0.15, 0.2) is 35.7 Å². The number of thiophene rings is 1. The minimum atomic E-state index is -0.497. The Kier molecular flexibility index (Phi) is 5.66. The Bertz CT molecular complexity index is 558. The predicted molar refractivity (Wildman–Crippen MR) is 81.3 cm³/mol. The van der Waals surface area contributed by atoms with Gasteiger partial charge in [-0.1, -0.05) is 23.7 Å². The second-order valence-electron chi connectivity index (χ2n) is 3.75. The zero-order chi connectivity index (χ0) is 13.1. The van der Waals surface area contributed by atoms with Crippen molar-refractivity contribution in [1.82, 2.24) is 0 Å². The number of ether oxygens (including phenoxy) is 1. The van der Waals surface area contributed by atoms with E-state index in [1.54, 1.807) is 18.2 Å². The fraction of sp³-hybridized carbons (Fsp3) is 0.154. The van der Waals surface area contributed by atoms with E-state index in [1.165, 1.54) is 18.4 Å². The van der Waals surface area contributed by atoms with Crippen molar-refractivity contribution >= 4 is 47.0 Å². The van der Waals surface area contributed by atoms with Gasteiger partial charge in [-0.2, -0.15) is 0 Å². The fourth-order valence-electron chi connectivity index (χ4n) is 1.75. The molecule has 0 aliphatic rings. The van der Waals surface area contributed by atoms with Crippen molar-refractivity contribution in [3.8, 4) is 0 Å². The van der Waals surface area contributed by atoms with Crippen molar-refractivity contribution in [2.45, 2.75) is 5.92 Å². The zero-order valence-electron chi connectivity index (χ0n) is 10.1. The van der Waals surface area contributed by atoms with Gasteiger partial charge in [0.25, 0.3) is 0 Å². The van der Waals surface area contributed by atoms with Crippen LogP contribution in [0.1, 0.15) is 16.4 Å². The minimum absolute atomic E-state index is 0. The lowest BCUT2D eigenvalue weighted by molar-refractivity contribution is -0.141. The standard InChI is InChI=1S/C13H12ClNO2S.ClH/c1-17-13(16)12(11-3-2-6-18-11)9-5-4-8(15)7-10(9)14;/h2-7,12H,15H2,1H3;1H. The Balaban J connectivity index is 0.00000180. The molecule has 1 atom stereocenters. The molecule has 0 saturated heterocycles. The summed E-state index contributed by atoms with van der Waals surface area (Å²) in [5.74, 6) is -0.827. The predicted octanol–water partition coefficient (Wildman–Crippen LogP) is 3.71. The summed E-state index contributed by atoms with van der Waals surface area (Å²) in [6.07, 6.45) is 0. The van der Waals surface area contributed by atoms with Crippen molar-refractivity contribution in [3.05, 3.63) is 51.2 Å². The second-order valence-corrected chi connectivity index (χ2v) is 5.14. The van der Waals surface area contributed by atoms with Gasteiger partial charge in [-0.05, 0) is 29.1 Å². The summed E-state index contributed by atoms with van der Waals surface area (Å²) in [5, 5.41) is 2.38. The number of hydrogen-bond donors (Lipinski definition) is 1. The van der Waals surface area contributed by atoms with Gasteiger partial charge >= 0.3 is 5.97 Å². The molecule has 0 radical (unpaired) electrons. The van der Waals surface area contributed by atoms with Gasteiger partial charge < -0.3 is 10.5 Å². The minimum Gasteiger partial charge on any atom is -0.468 e. The van der Waals surface area contributed by atoms with E-state index in [0.29, 0.717) is 16.3 Å². The number of carbonyl (C=O) groups is 1. The number of carbonyl (C=O) groups excluding carboxylic acids is 1. The number of methoxy groups -OCH3 is 1. The monoisotopic (exact) mass is 317 g/mol. The summed E-state index contributed by atoms with van der Waals surface area (Å²) in [6.45, 7) is 0. The van der Waals surface area contributed by atoms with E-state index in [9.17, 15) is 4.79 Å². The van der Waals surface area contributed by atoms with Gasteiger partial charge in [-0.25, -0.2) is 0 Å². The Morgan fingerprint density at radius 3 is 2.68 bits per heavy atom. The smallest absolute Gasteiger partial charge is 0.318 e. The lowest BCUT2D eigenvalue weighted by atomic mass is 9.97. The first-order valence-corrected chi connectivity index (χ1v) is 6.55. The Morgan fingerprint density at radius 2 is 2.16 bits per heavy atom. The molecule has 3 nitrogen and oxygen atoms in total. The Morgan fingerprint density at radius 1 is 1.42 bits per heavy atom. The summed E-state index contributed by atoms with van der Waals surface area (Å²) in [4.78, 5) is 12.8. The van der Waals surface area contributed by atoms with Crippen LogP contribution in [0.4, 0.5) is 5.69 Å². The molecular formula is C13H13Cl2NO2S.